The number of methoxy groups -OCH3 is 1. The smallest absolute Gasteiger partial charge is 0.260 e. The quantitative estimate of drug-likeness (QED) is 0.764. The van der Waals surface area contributed by atoms with Crippen molar-refractivity contribution in [3.8, 4) is 16.3 Å². The SMILES string of the molecule is COCCNC(=O)[C@H](C)Oc1ccc(-c2nc(C(C)(C)C)cs2)cc1. The van der Waals surface area contributed by atoms with Gasteiger partial charge in [-0.05, 0) is 31.2 Å². The van der Waals surface area contributed by atoms with Gasteiger partial charge in [0.15, 0.2) is 6.10 Å². The Morgan fingerprint density at radius 3 is 2.52 bits per heavy atom. The molecule has 1 atom stereocenters. The molecule has 0 unspecified atom stereocenters. The Balaban J connectivity index is 1.98. The highest BCUT2D eigenvalue weighted by Crippen LogP contribution is 2.30. The molecule has 0 saturated heterocycles. The molecule has 0 bridgehead atoms. The third-order valence-corrected chi connectivity index (χ3v) is 4.55. The van der Waals surface area contributed by atoms with Gasteiger partial charge in [0.25, 0.3) is 5.91 Å². The molecule has 0 aliphatic heterocycles. The lowest BCUT2D eigenvalue weighted by Crippen LogP contribution is -2.37. The summed E-state index contributed by atoms with van der Waals surface area (Å²) >= 11 is 1.64. The number of carbonyl (C=O) groups is 1. The molecular formula is C19H26N2O3S. The highest BCUT2D eigenvalue weighted by atomic mass is 32.1. The summed E-state index contributed by atoms with van der Waals surface area (Å²) in [7, 11) is 1.60. The molecule has 2 aromatic rings. The Kier molecular flexibility index (Phi) is 6.56. The molecule has 0 spiro atoms. The van der Waals surface area contributed by atoms with E-state index in [1.54, 1.807) is 25.4 Å². The number of ether oxygens (including phenoxy) is 2. The molecule has 0 aliphatic rings. The summed E-state index contributed by atoms with van der Waals surface area (Å²) in [5.41, 5.74) is 2.18. The number of aromatic nitrogens is 1. The van der Waals surface area contributed by atoms with Gasteiger partial charge in [0.05, 0.1) is 12.3 Å². The molecular weight excluding hydrogens is 336 g/mol. The summed E-state index contributed by atoms with van der Waals surface area (Å²) < 4.78 is 10.6. The van der Waals surface area contributed by atoms with E-state index >= 15 is 0 Å². The molecule has 1 heterocycles. The van der Waals surface area contributed by atoms with E-state index in [1.165, 1.54) is 0 Å². The van der Waals surface area contributed by atoms with Crippen LogP contribution in [0.3, 0.4) is 0 Å². The first kappa shape index (κ1) is 19.4. The first-order valence-electron chi connectivity index (χ1n) is 8.31. The van der Waals surface area contributed by atoms with Gasteiger partial charge in [0.1, 0.15) is 10.8 Å². The minimum absolute atomic E-state index is 0.0451. The van der Waals surface area contributed by atoms with Crippen molar-refractivity contribution in [1.82, 2.24) is 10.3 Å². The first-order valence-corrected chi connectivity index (χ1v) is 9.19. The number of nitrogens with one attached hydrogen (secondary N) is 1. The fourth-order valence-electron chi connectivity index (χ4n) is 2.10. The third kappa shape index (κ3) is 5.54. The van der Waals surface area contributed by atoms with E-state index in [-0.39, 0.29) is 11.3 Å². The number of thiazole rings is 1. The number of carbonyl (C=O) groups excluding carboxylic acids is 1. The standard InChI is InChI=1S/C19H26N2O3S/c1-13(17(22)20-10-11-23-5)24-15-8-6-14(7-9-15)18-21-16(12-25-18)19(2,3)4/h6-9,12-13H,10-11H2,1-5H3,(H,20,22)/t13-/m0/s1. The van der Waals surface area contributed by atoms with Crippen LogP contribution < -0.4 is 10.1 Å². The maximum absolute atomic E-state index is 11.9. The number of rotatable bonds is 7. The van der Waals surface area contributed by atoms with E-state index < -0.39 is 6.10 Å². The second-order valence-corrected chi connectivity index (χ2v) is 7.71. The number of hydrogen-bond acceptors (Lipinski definition) is 5. The van der Waals surface area contributed by atoms with Crippen LogP contribution >= 0.6 is 11.3 Å². The maximum atomic E-state index is 11.9. The molecule has 0 saturated carbocycles. The topological polar surface area (TPSA) is 60.5 Å². The van der Waals surface area contributed by atoms with Crippen LogP contribution in [0.15, 0.2) is 29.6 Å². The van der Waals surface area contributed by atoms with Gasteiger partial charge in [-0.1, -0.05) is 20.8 Å². The molecule has 25 heavy (non-hydrogen) atoms. The normalized spacial score (nSPS) is 12.7. The lowest BCUT2D eigenvalue weighted by Gasteiger charge is -2.15. The Morgan fingerprint density at radius 1 is 1.28 bits per heavy atom. The van der Waals surface area contributed by atoms with Crippen LogP contribution in [-0.2, 0) is 14.9 Å². The van der Waals surface area contributed by atoms with Gasteiger partial charge in [0.2, 0.25) is 0 Å². The summed E-state index contributed by atoms with van der Waals surface area (Å²) in [6, 6.07) is 7.67. The molecule has 1 aromatic carbocycles. The van der Waals surface area contributed by atoms with Crippen LogP contribution in [-0.4, -0.2) is 37.3 Å². The molecule has 1 aromatic heterocycles. The van der Waals surface area contributed by atoms with Gasteiger partial charge >= 0.3 is 0 Å². The molecule has 2 rings (SSSR count). The van der Waals surface area contributed by atoms with Crippen molar-refractivity contribution in [2.45, 2.75) is 39.2 Å². The van der Waals surface area contributed by atoms with Gasteiger partial charge in [-0.3, -0.25) is 4.79 Å². The van der Waals surface area contributed by atoms with Gasteiger partial charge < -0.3 is 14.8 Å². The zero-order valence-corrected chi connectivity index (χ0v) is 16.3. The largest absolute Gasteiger partial charge is 0.481 e. The van der Waals surface area contributed by atoms with Gasteiger partial charge in [-0.2, -0.15) is 0 Å². The highest BCUT2D eigenvalue weighted by molar-refractivity contribution is 7.13. The summed E-state index contributed by atoms with van der Waals surface area (Å²) in [5, 5.41) is 5.85. The molecule has 0 fully saturated rings. The number of hydrogen-bond donors (Lipinski definition) is 1. The predicted molar refractivity (Wildman–Crippen MR) is 101 cm³/mol. The Morgan fingerprint density at radius 2 is 1.96 bits per heavy atom. The maximum Gasteiger partial charge on any atom is 0.260 e. The van der Waals surface area contributed by atoms with E-state index in [0.717, 1.165) is 16.3 Å². The average Bonchev–Trinajstić information content (AvgIpc) is 3.06. The Bertz CT molecular complexity index is 689. The molecule has 6 heteroatoms. The Labute approximate surface area is 153 Å². The van der Waals surface area contributed by atoms with E-state index in [4.69, 9.17) is 14.5 Å². The lowest BCUT2D eigenvalue weighted by atomic mass is 9.93. The molecule has 5 nitrogen and oxygen atoms in total. The van der Waals surface area contributed by atoms with Gasteiger partial charge in [-0.15, -0.1) is 11.3 Å². The number of nitrogens with zero attached hydrogens (tertiary/aromatic N) is 1. The minimum Gasteiger partial charge on any atom is -0.481 e. The minimum atomic E-state index is -0.560. The van der Waals surface area contributed by atoms with Crippen molar-refractivity contribution in [3.63, 3.8) is 0 Å². The van der Waals surface area contributed by atoms with Crippen molar-refractivity contribution >= 4 is 17.2 Å². The summed E-state index contributed by atoms with van der Waals surface area (Å²) in [4.78, 5) is 16.6. The van der Waals surface area contributed by atoms with Gasteiger partial charge in [-0.25, -0.2) is 4.98 Å². The van der Waals surface area contributed by atoms with E-state index in [1.807, 2.05) is 24.3 Å². The van der Waals surface area contributed by atoms with E-state index in [2.05, 4.69) is 31.5 Å². The van der Waals surface area contributed by atoms with Crippen LogP contribution in [0.5, 0.6) is 5.75 Å². The highest BCUT2D eigenvalue weighted by Gasteiger charge is 2.18. The fourth-order valence-corrected chi connectivity index (χ4v) is 3.16. The summed E-state index contributed by atoms with van der Waals surface area (Å²) in [6.45, 7) is 9.15. The summed E-state index contributed by atoms with van der Waals surface area (Å²) in [6.07, 6.45) is -0.560. The van der Waals surface area contributed by atoms with Crippen molar-refractivity contribution in [2.75, 3.05) is 20.3 Å². The molecule has 0 aliphatic carbocycles. The zero-order valence-electron chi connectivity index (χ0n) is 15.5. The van der Waals surface area contributed by atoms with Crippen molar-refractivity contribution in [3.05, 3.63) is 35.3 Å². The molecule has 136 valence electrons. The van der Waals surface area contributed by atoms with Crippen LogP contribution in [0.2, 0.25) is 0 Å². The van der Waals surface area contributed by atoms with Crippen LogP contribution in [0.25, 0.3) is 10.6 Å². The molecule has 0 radical (unpaired) electrons. The van der Waals surface area contributed by atoms with Crippen LogP contribution in [0.4, 0.5) is 0 Å². The van der Waals surface area contributed by atoms with Crippen molar-refractivity contribution in [1.29, 1.82) is 0 Å². The van der Waals surface area contributed by atoms with Crippen molar-refractivity contribution in [2.24, 2.45) is 0 Å². The average molecular weight is 362 g/mol. The fraction of sp³-hybridized carbons (Fsp3) is 0.474. The lowest BCUT2D eigenvalue weighted by molar-refractivity contribution is -0.127. The number of amides is 1. The van der Waals surface area contributed by atoms with E-state index in [9.17, 15) is 4.79 Å². The van der Waals surface area contributed by atoms with Crippen LogP contribution in [0, 0.1) is 0 Å². The van der Waals surface area contributed by atoms with Crippen LogP contribution in [0.1, 0.15) is 33.4 Å². The second kappa shape index (κ2) is 8.45. The van der Waals surface area contributed by atoms with Crippen molar-refractivity contribution < 1.29 is 14.3 Å². The predicted octanol–water partition coefficient (Wildman–Crippen LogP) is 3.64. The Hall–Kier alpha value is -1.92. The molecule has 1 amide bonds. The zero-order chi connectivity index (χ0) is 18.4. The van der Waals surface area contributed by atoms with Gasteiger partial charge in [0, 0.05) is 30.0 Å². The number of benzene rings is 1. The first-order chi connectivity index (χ1) is 11.8. The second-order valence-electron chi connectivity index (χ2n) is 6.86. The molecule has 1 N–H and O–H groups in total. The summed E-state index contributed by atoms with van der Waals surface area (Å²) in [5.74, 6) is 0.501. The third-order valence-electron chi connectivity index (χ3n) is 3.66. The van der Waals surface area contributed by atoms with E-state index in [0.29, 0.717) is 18.9 Å². The monoisotopic (exact) mass is 362 g/mol.